The largest absolute Gasteiger partial charge is 0.481 e. The van der Waals surface area contributed by atoms with E-state index in [4.69, 9.17) is 21.7 Å². The third-order valence-electron chi connectivity index (χ3n) is 2.33. The lowest BCUT2D eigenvalue weighted by molar-refractivity contribution is 0.366. The number of hydrogen-bond donors (Lipinski definition) is 0. The zero-order valence-electron chi connectivity index (χ0n) is 10.1. The Hall–Kier alpha value is -2.70. The SMILES string of the molecule is C#CCOc1ccc(C=C(C#N)C#N)cc1CC. The van der Waals surface area contributed by atoms with Gasteiger partial charge in [0.05, 0.1) is 0 Å². The zero-order valence-corrected chi connectivity index (χ0v) is 10.1. The maximum atomic E-state index is 8.70. The molecule has 0 bridgehead atoms. The molecule has 0 unspecified atom stereocenters. The van der Waals surface area contributed by atoms with Gasteiger partial charge < -0.3 is 4.74 Å². The summed E-state index contributed by atoms with van der Waals surface area (Å²) in [5, 5.41) is 17.4. The summed E-state index contributed by atoms with van der Waals surface area (Å²) in [6, 6.07) is 9.14. The van der Waals surface area contributed by atoms with Crippen LogP contribution in [-0.4, -0.2) is 6.61 Å². The molecule has 0 aliphatic carbocycles. The molecule has 18 heavy (non-hydrogen) atoms. The van der Waals surface area contributed by atoms with Crippen molar-refractivity contribution in [3.05, 3.63) is 34.9 Å². The monoisotopic (exact) mass is 236 g/mol. The van der Waals surface area contributed by atoms with Crippen molar-refractivity contribution < 1.29 is 4.74 Å². The van der Waals surface area contributed by atoms with Gasteiger partial charge in [0.1, 0.15) is 30.1 Å². The summed E-state index contributed by atoms with van der Waals surface area (Å²) in [7, 11) is 0. The summed E-state index contributed by atoms with van der Waals surface area (Å²) in [4.78, 5) is 0. The first kappa shape index (κ1) is 13.4. The van der Waals surface area contributed by atoms with Crippen molar-refractivity contribution in [2.45, 2.75) is 13.3 Å². The van der Waals surface area contributed by atoms with Crippen molar-refractivity contribution in [3.8, 4) is 30.2 Å². The topological polar surface area (TPSA) is 56.8 Å². The lowest BCUT2D eigenvalue weighted by Gasteiger charge is -2.08. The average Bonchev–Trinajstić information content (AvgIpc) is 2.42. The third-order valence-corrected chi connectivity index (χ3v) is 2.33. The number of nitriles is 2. The van der Waals surface area contributed by atoms with E-state index in [0.29, 0.717) is 0 Å². The molecule has 88 valence electrons. The Labute approximate surface area is 107 Å². The maximum absolute atomic E-state index is 8.70. The standard InChI is InChI=1S/C15H12N2O/c1-3-7-18-15-6-5-12(9-14(15)4-2)8-13(10-16)11-17/h1,5-6,8-9H,4,7H2,2H3. The highest BCUT2D eigenvalue weighted by Crippen LogP contribution is 2.22. The zero-order chi connectivity index (χ0) is 13.4. The molecule has 0 fully saturated rings. The van der Waals surface area contributed by atoms with E-state index in [1.54, 1.807) is 18.2 Å². The van der Waals surface area contributed by atoms with E-state index in [1.165, 1.54) is 0 Å². The first-order valence-corrected chi connectivity index (χ1v) is 5.46. The minimum absolute atomic E-state index is 0.0781. The number of nitrogens with zero attached hydrogens (tertiary/aromatic N) is 2. The molecule has 1 aromatic rings. The molecule has 0 aliphatic heterocycles. The van der Waals surface area contributed by atoms with Gasteiger partial charge in [0.15, 0.2) is 0 Å². The van der Waals surface area contributed by atoms with Crippen LogP contribution in [0.5, 0.6) is 5.75 Å². The number of terminal acetylenes is 1. The van der Waals surface area contributed by atoms with Gasteiger partial charge in [-0.2, -0.15) is 10.5 Å². The summed E-state index contributed by atoms with van der Waals surface area (Å²) >= 11 is 0. The molecule has 0 spiro atoms. The molecule has 3 heteroatoms. The van der Waals surface area contributed by atoms with E-state index in [1.807, 2.05) is 25.1 Å². The van der Waals surface area contributed by atoms with Gasteiger partial charge in [-0.3, -0.25) is 0 Å². The second-order valence-corrected chi connectivity index (χ2v) is 3.50. The second-order valence-electron chi connectivity index (χ2n) is 3.50. The van der Waals surface area contributed by atoms with Gasteiger partial charge in [-0.1, -0.05) is 18.9 Å². The molecule has 0 N–H and O–H groups in total. The van der Waals surface area contributed by atoms with Gasteiger partial charge in [-0.05, 0) is 35.8 Å². The first-order chi connectivity index (χ1) is 8.74. The van der Waals surface area contributed by atoms with Crippen LogP contribution in [0.3, 0.4) is 0 Å². The van der Waals surface area contributed by atoms with E-state index < -0.39 is 0 Å². The Morgan fingerprint density at radius 2 is 2.11 bits per heavy atom. The summed E-state index contributed by atoms with van der Waals surface area (Å²) in [5.74, 6) is 3.15. The summed E-state index contributed by atoms with van der Waals surface area (Å²) in [6.45, 7) is 2.23. The Balaban J connectivity index is 3.08. The van der Waals surface area contributed by atoms with Crippen molar-refractivity contribution >= 4 is 6.08 Å². The van der Waals surface area contributed by atoms with Gasteiger partial charge in [0.2, 0.25) is 0 Å². The fourth-order valence-electron chi connectivity index (χ4n) is 1.48. The minimum Gasteiger partial charge on any atom is -0.481 e. The van der Waals surface area contributed by atoms with Crippen LogP contribution >= 0.6 is 0 Å². The molecular formula is C15H12N2O. The molecular weight excluding hydrogens is 224 g/mol. The molecule has 0 saturated heterocycles. The number of ether oxygens (including phenoxy) is 1. The van der Waals surface area contributed by atoms with Crippen molar-refractivity contribution in [1.82, 2.24) is 0 Å². The lowest BCUT2D eigenvalue weighted by atomic mass is 10.1. The van der Waals surface area contributed by atoms with E-state index in [2.05, 4.69) is 5.92 Å². The lowest BCUT2D eigenvalue weighted by Crippen LogP contribution is -1.97. The van der Waals surface area contributed by atoms with Gasteiger partial charge in [0.25, 0.3) is 0 Å². The molecule has 1 rings (SSSR count). The van der Waals surface area contributed by atoms with Crippen LogP contribution in [0.1, 0.15) is 18.1 Å². The third kappa shape index (κ3) is 3.41. The van der Waals surface area contributed by atoms with Crippen molar-refractivity contribution in [3.63, 3.8) is 0 Å². The molecule has 0 aliphatic rings. The van der Waals surface area contributed by atoms with Gasteiger partial charge in [-0.15, -0.1) is 6.42 Å². The van der Waals surface area contributed by atoms with Gasteiger partial charge >= 0.3 is 0 Å². The van der Waals surface area contributed by atoms with Gasteiger partial charge in [-0.25, -0.2) is 0 Å². The molecule has 0 atom stereocenters. The summed E-state index contributed by atoms with van der Waals surface area (Å²) in [5.41, 5.74) is 1.88. The van der Waals surface area contributed by atoms with E-state index in [0.717, 1.165) is 23.3 Å². The number of rotatable bonds is 4. The maximum Gasteiger partial charge on any atom is 0.148 e. The van der Waals surface area contributed by atoms with E-state index >= 15 is 0 Å². The molecule has 1 aromatic carbocycles. The van der Waals surface area contributed by atoms with Crippen LogP contribution in [0, 0.1) is 35.0 Å². The highest BCUT2D eigenvalue weighted by atomic mass is 16.5. The molecule has 0 radical (unpaired) electrons. The Kier molecular flexibility index (Phi) is 5.04. The second kappa shape index (κ2) is 6.79. The van der Waals surface area contributed by atoms with Crippen LogP contribution in [0.4, 0.5) is 0 Å². The molecule has 3 nitrogen and oxygen atoms in total. The Morgan fingerprint density at radius 1 is 1.39 bits per heavy atom. The quantitative estimate of drug-likeness (QED) is 0.596. The molecule has 0 heterocycles. The van der Waals surface area contributed by atoms with Crippen LogP contribution in [-0.2, 0) is 6.42 Å². The number of aryl methyl sites for hydroxylation is 1. The van der Waals surface area contributed by atoms with Crippen molar-refractivity contribution in [1.29, 1.82) is 10.5 Å². The number of hydrogen-bond acceptors (Lipinski definition) is 3. The Morgan fingerprint density at radius 3 is 2.67 bits per heavy atom. The van der Waals surface area contributed by atoms with Crippen molar-refractivity contribution in [2.75, 3.05) is 6.61 Å². The van der Waals surface area contributed by atoms with E-state index in [9.17, 15) is 0 Å². The molecule has 0 saturated carbocycles. The predicted octanol–water partition coefficient (Wildman–Crippen LogP) is 2.69. The van der Waals surface area contributed by atoms with Crippen LogP contribution < -0.4 is 4.74 Å². The minimum atomic E-state index is 0.0781. The summed E-state index contributed by atoms with van der Waals surface area (Å²) < 4.78 is 5.40. The van der Waals surface area contributed by atoms with Crippen LogP contribution in [0.15, 0.2) is 23.8 Å². The van der Waals surface area contributed by atoms with Crippen LogP contribution in [0.2, 0.25) is 0 Å². The fourth-order valence-corrected chi connectivity index (χ4v) is 1.48. The fraction of sp³-hybridized carbons (Fsp3) is 0.200. The number of benzene rings is 1. The first-order valence-electron chi connectivity index (χ1n) is 5.46. The van der Waals surface area contributed by atoms with Crippen LogP contribution in [0.25, 0.3) is 6.08 Å². The Bertz CT molecular complexity index is 564. The smallest absolute Gasteiger partial charge is 0.148 e. The van der Waals surface area contributed by atoms with Gasteiger partial charge in [0, 0.05) is 0 Å². The number of allylic oxidation sites excluding steroid dienone is 1. The highest BCUT2D eigenvalue weighted by Gasteiger charge is 2.03. The van der Waals surface area contributed by atoms with Crippen molar-refractivity contribution in [2.24, 2.45) is 0 Å². The normalized spacial score (nSPS) is 8.56. The highest BCUT2D eigenvalue weighted by molar-refractivity contribution is 5.63. The molecule has 0 aromatic heterocycles. The summed E-state index contributed by atoms with van der Waals surface area (Å²) in [6.07, 6.45) is 7.48. The molecule has 0 amide bonds. The van der Waals surface area contributed by atoms with E-state index in [-0.39, 0.29) is 12.2 Å². The average molecular weight is 236 g/mol. The predicted molar refractivity (Wildman–Crippen MR) is 69.4 cm³/mol.